The van der Waals surface area contributed by atoms with Crippen molar-refractivity contribution in [1.29, 1.82) is 0 Å². The third-order valence-corrected chi connectivity index (χ3v) is 6.56. The molecule has 1 aliphatic rings. The topological polar surface area (TPSA) is 110 Å². The van der Waals surface area contributed by atoms with E-state index in [0.717, 1.165) is 0 Å². The van der Waals surface area contributed by atoms with Gasteiger partial charge in [0.1, 0.15) is 0 Å². The molecule has 1 aliphatic heterocycles. The summed E-state index contributed by atoms with van der Waals surface area (Å²) in [6, 6.07) is 4.17. The Hall–Kier alpha value is -2.29. The van der Waals surface area contributed by atoms with E-state index in [1.807, 2.05) is 6.92 Å². The van der Waals surface area contributed by atoms with Gasteiger partial charge in [0.15, 0.2) is 21.3 Å². The lowest BCUT2D eigenvalue weighted by Gasteiger charge is -2.36. The van der Waals surface area contributed by atoms with E-state index in [1.54, 1.807) is 0 Å². The number of piperidine rings is 1. The molecule has 27 heavy (non-hydrogen) atoms. The third-order valence-electron chi connectivity index (χ3n) is 4.85. The van der Waals surface area contributed by atoms with Crippen molar-refractivity contribution in [2.45, 2.75) is 37.1 Å². The van der Waals surface area contributed by atoms with Crippen molar-refractivity contribution in [2.75, 3.05) is 26.5 Å². The van der Waals surface area contributed by atoms with Crippen LogP contribution >= 0.6 is 0 Å². The maximum absolute atomic E-state index is 12.6. The van der Waals surface area contributed by atoms with E-state index >= 15 is 0 Å². The van der Waals surface area contributed by atoms with Gasteiger partial charge < -0.3 is 19.5 Å². The van der Waals surface area contributed by atoms with Gasteiger partial charge in [-0.2, -0.15) is 0 Å². The summed E-state index contributed by atoms with van der Waals surface area (Å²) in [5.74, 6) is -1.54. The Labute approximate surface area is 159 Å². The van der Waals surface area contributed by atoms with E-state index in [4.69, 9.17) is 14.6 Å². The second kappa shape index (κ2) is 8.60. The molecule has 1 saturated heterocycles. The number of nitrogens with zero attached hydrogens (tertiary/aromatic N) is 1. The number of sulfone groups is 1. The molecule has 150 valence electrons. The van der Waals surface area contributed by atoms with Gasteiger partial charge in [-0.1, -0.05) is 0 Å². The minimum absolute atomic E-state index is 0.0445. The van der Waals surface area contributed by atoms with Crippen LogP contribution in [-0.2, 0) is 19.4 Å². The molecule has 0 radical (unpaired) electrons. The Morgan fingerprint density at radius 2 is 1.85 bits per heavy atom. The summed E-state index contributed by atoms with van der Waals surface area (Å²) in [7, 11) is -0.834. The number of benzene rings is 1. The number of hydrogen-bond acceptors (Lipinski definition) is 6. The van der Waals surface area contributed by atoms with Crippen LogP contribution in [0.4, 0.5) is 0 Å². The lowest BCUT2D eigenvalue weighted by Crippen LogP contribution is -2.47. The summed E-state index contributed by atoms with van der Waals surface area (Å²) in [5, 5.41) is 9.17. The number of aliphatic carboxylic acids is 1. The molecule has 2 rings (SSSR count). The standard InChI is InChI=1S/C18H25NO7S/c1-12-4-5-13(18(21)22)11-19(12)17(20)8-9-27(23,24)14-6-7-15(25-2)16(10-14)26-3/h6-7,10,12-13H,4-5,8-9,11H2,1-3H3,(H,21,22). The second-order valence-electron chi connectivity index (χ2n) is 6.59. The predicted octanol–water partition coefficient (Wildman–Crippen LogP) is 1.58. The van der Waals surface area contributed by atoms with Crippen molar-refractivity contribution in [2.24, 2.45) is 5.92 Å². The summed E-state index contributed by atoms with van der Waals surface area (Å²) in [4.78, 5) is 25.2. The summed E-state index contributed by atoms with van der Waals surface area (Å²) in [6.45, 7) is 1.96. The Bertz CT molecular complexity index is 806. The van der Waals surface area contributed by atoms with Gasteiger partial charge in [0.2, 0.25) is 5.91 Å². The average Bonchev–Trinajstić information content (AvgIpc) is 2.65. The fraction of sp³-hybridized carbons (Fsp3) is 0.556. The number of amides is 1. The summed E-state index contributed by atoms with van der Waals surface area (Å²) < 4.78 is 35.4. The number of carboxylic acid groups (broad SMARTS) is 1. The lowest BCUT2D eigenvalue weighted by atomic mass is 9.93. The number of carbonyl (C=O) groups excluding carboxylic acids is 1. The summed E-state index contributed by atoms with van der Waals surface area (Å²) in [5.41, 5.74) is 0. The predicted molar refractivity (Wildman–Crippen MR) is 97.8 cm³/mol. The molecule has 1 aromatic carbocycles. The average molecular weight is 399 g/mol. The summed E-state index contributed by atoms with van der Waals surface area (Å²) in [6.07, 6.45) is 0.905. The molecule has 0 aromatic heterocycles. The molecule has 0 saturated carbocycles. The molecule has 1 heterocycles. The highest BCUT2D eigenvalue weighted by Gasteiger charge is 2.33. The normalized spacial score (nSPS) is 20.2. The largest absolute Gasteiger partial charge is 0.493 e. The Morgan fingerprint density at radius 1 is 1.19 bits per heavy atom. The van der Waals surface area contributed by atoms with Gasteiger partial charge in [-0.05, 0) is 31.9 Å². The van der Waals surface area contributed by atoms with Crippen LogP contribution in [0.15, 0.2) is 23.1 Å². The fourth-order valence-electron chi connectivity index (χ4n) is 3.15. The van der Waals surface area contributed by atoms with Crippen LogP contribution in [0.1, 0.15) is 26.2 Å². The van der Waals surface area contributed by atoms with Crippen LogP contribution in [0.2, 0.25) is 0 Å². The van der Waals surface area contributed by atoms with Gasteiger partial charge in [-0.15, -0.1) is 0 Å². The van der Waals surface area contributed by atoms with E-state index < -0.39 is 21.7 Å². The van der Waals surface area contributed by atoms with Crippen molar-refractivity contribution in [1.82, 2.24) is 4.90 Å². The number of likely N-dealkylation sites (tertiary alicyclic amines) is 1. The van der Waals surface area contributed by atoms with E-state index in [9.17, 15) is 18.0 Å². The van der Waals surface area contributed by atoms with Crippen LogP contribution in [0, 0.1) is 5.92 Å². The number of methoxy groups -OCH3 is 2. The molecule has 2 unspecified atom stereocenters. The van der Waals surface area contributed by atoms with Crippen molar-refractivity contribution in [3.05, 3.63) is 18.2 Å². The first-order valence-electron chi connectivity index (χ1n) is 8.66. The lowest BCUT2D eigenvalue weighted by molar-refractivity contribution is -0.147. The SMILES string of the molecule is COc1ccc(S(=O)(=O)CCC(=O)N2CC(C(=O)O)CCC2C)cc1OC. The Morgan fingerprint density at radius 3 is 2.44 bits per heavy atom. The molecule has 1 aromatic rings. The monoisotopic (exact) mass is 399 g/mol. The maximum Gasteiger partial charge on any atom is 0.308 e. The number of ether oxygens (including phenoxy) is 2. The second-order valence-corrected chi connectivity index (χ2v) is 8.70. The molecular formula is C18H25NO7S. The number of hydrogen-bond donors (Lipinski definition) is 1. The number of carbonyl (C=O) groups is 2. The molecule has 8 nitrogen and oxygen atoms in total. The zero-order chi connectivity index (χ0) is 20.2. The minimum Gasteiger partial charge on any atom is -0.493 e. The third kappa shape index (κ3) is 4.91. The van der Waals surface area contributed by atoms with Crippen LogP contribution in [0.5, 0.6) is 11.5 Å². The van der Waals surface area contributed by atoms with Crippen molar-refractivity contribution in [3.8, 4) is 11.5 Å². The van der Waals surface area contributed by atoms with Crippen LogP contribution < -0.4 is 9.47 Å². The highest BCUT2D eigenvalue weighted by atomic mass is 32.2. The van der Waals surface area contributed by atoms with E-state index in [2.05, 4.69) is 0 Å². The molecule has 2 atom stereocenters. The molecule has 1 N–H and O–H groups in total. The van der Waals surface area contributed by atoms with Gasteiger partial charge in [0, 0.05) is 25.1 Å². The fourth-order valence-corrected chi connectivity index (χ4v) is 4.39. The van der Waals surface area contributed by atoms with Crippen molar-refractivity contribution >= 4 is 21.7 Å². The molecule has 9 heteroatoms. The molecular weight excluding hydrogens is 374 g/mol. The van der Waals surface area contributed by atoms with Crippen molar-refractivity contribution in [3.63, 3.8) is 0 Å². The molecule has 1 fully saturated rings. The first-order valence-corrected chi connectivity index (χ1v) is 10.3. The van der Waals surface area contributed by atoms with Gasteiger partial charge >= 0.3 is 5.97 Å². The Kier molecular flexibility index (Phi) is 6.69. The zero-order valence-electron chi connectivity index (χ0n) is 15.7. The van der Waals surface area contributed by atoms with E-state index in [0.29, 0.717) is 24.3 Å². The van der Waals surface area contributed by atoms with E-state index in [-0.39, 0.29) is 35.6 Å². The summed E-state index contributed by atoms with van der Waals surface area (Å²) >= 11 is 0. The highest BCUT2D eigenvalue weighted by Crippen LogP contribution is 2.30. The molecule has 0 spiro atoms. The first kappa shape index (κ1) is 21.0. The smallest absolute Gasteiger partial charge is 0.308 e. The van der Waals surface area contributed by atoms with Gasteiger partial charge in [-0.3, -0.25) is 9.59 Å². The maximum atomic E-state index is 12.6. The van der Waals surface area contributed by atoms with Crippen LogP contribution in [0.25, 0.3) is 0 Å². The Balaban J connectivity index is 2.08. The number of carboxylic acids is 1. The van der Waals surface area contributed by atoms with Gasteiger partial charge in [-0.25, -0.2) is 8.42 Å². The molecule has 0 bridgehead atoms. The zero-order valence-corrected chi connectivity index (χ0v) is 16.5. The molecule has 0 aliphatic carbocycles. The van der Waals surface area contributed by atoms with Gasteiger partial charge in [0.25, 0.3) is 0 Å². The molecule has 1 amide bonds. The minimum atomic E-state index is -3.70. The van der Waals surface area contributed by atoms with Crippen LogP contribution in [-0.4, -0.2) is 62.9 Å². The van der Waals surface area contributed by atoms with Gasteiger partial charge in [0.05, 0.1) is 30.8 Å². The van der Waals surface area contributed by atoms with E-state index in [1.165, 1.54) is 37.3 Å². The van der Waals surface area contributed by atoms with Crippen LogP contribution in [0.3, 0.4) is 0 Å². The number of rotatable bonds is 7. The quantitative estimate of drug-likeness (QED) is 0.741. The first-order chi connectivity index (χ1) is 12.7. The highest BCUT2D eigenvalue weighted by molar-refractivity contribution is 7.91. The van der Waals surface area contributed by atoms with Crippen molar-refractivity contribution < 1.29 is 32.6 Å².